The second-order valence-electron chi connectivity index (χ2n) is 6.53. The Kier molecular flexibility index (Phi) is 3.83. The number of nitrogens with zero attached hydrogens (tertiary/aromatic N) is 5. The highest BCUT2D eigenvalue weighted by molar-refractivity contribution is 5.42. The summed E-state index contributed by atoms with van der Waals surface area (Å²) in [6, 6.07) is 11.9. The van der Waals surface area contributed by atoms with Crippen LogP contribution in [0.4, 0.5) is 0 Å². The number of benzene rings is 1. The third kappa shape index (κ3) is 3.04. The van der Waals surface area contributed by atoms with Gasteiger partial charge in [-0.2, -0.15) is 0 Å². The highest BCUT2D eigenvalue weighted by Crippen LogP contribution is 2.34. The average molecular weight is 363 g/mol. The van der Waals surface area contributed by atoms with E-state index in [0.29, 0.717) is 35.9 Å². The van der Waals surface area contributed by atoms with Crippen molar-refractivity contribution in [2.75, 3.05) is 0 Å². The molecule has 0 spiro atoms. The molecule has 0 fully saturated rings. The van der Waals surface area contributed by atoms with Crippen molar-refractivity contribution >= 4 is 0 Å². The summed E-state index contributed by atoms with van der Waals surface area (Å²) < 4.78 is 16.8. The number of aromatic nitrogens is 4. The minimum absolute atomic E-state index is 0.0416. The molecular formula is C19H17N5O3. The Morgan fingerprint density at radius 3 is 2.67 bits per heavy atom. The molecule has 5 rings (SSSR count). The molecule has 4 heterocycles. The van der Waals surface area contributed by atoms with Crippen molar-refractivity contribution in [2.45, 2.75) is 32.5 Å². The molecule has 1 aliphatic rings. The van der Waals surface area contributed by atoms with E-state index in [-0.39, 0.29) is 6.04 Å². The third-order valence-corrected chi connectivity index (χ3v) is 4.71. The van der Waals surface area contributed by atoms with Gasteiger partial charge in [0.15, 0.2) is 5.76 Å². The molecule has 1 aliphatic heterocycles. The van der Waals surface area contributed by atoms with Gasteiger partial charge in [0.2, 0.25) is 17.7 Å². The van der Waals surface area contributed by atoms with Crippen molar-refractivity contribution in [2.24, 2.45) is 0 Å². The number of hydrogen-bond donors (Lipinski definition) is 0. The van der Waals surface area contributed by atoms with Crippen LogP contribution >= 0.6 is 0 Å². The Hall–Kier alpha value is -3.26. The highest BCUT2D eigenvalue weighted by atomic mass is 16.4. The number of hydrogen-bond acceptors (Lipinski definition) is 8. The third-order valence-electron chi connectivity index (χ3n) is 4.71. The van der Waals surface area contributed by atoms with E-state index in [1.54, 1.807) is 25.3 Å². The van der Waals surface area contributed by atoms with Gasteiger partial charge in [0.05, 0.1) is 18.8 Å². The number of rotatable bonds is 4. The fraction of sp³-hybridized carbons (Fsp3) is 0.263. The van der Waals surface area contributed by atoms with Gasteiger partial charge in [-0.3, -0.25) is 4.90 Å². The summed E-state index contributed by atoms with van der Waals surface area (Å²) in [5.74, 6) is 2.61. The van der Waals surface area contributed by atoms with Crippen LogP contribution in [-0.4, -0.2) is 25.3 Å². The average Bonchev–Trinajstić information content (AvgIpc) is 3.42. The van der Waals surface area contributed by atoms with Gasteiger partial charge < -0.3 is 13.3 Å². The summed E-state index contributed by atoms with van der Waals surface area (Å²) in [4.78, 5) is 2.22. The minimum atomic E-state index is -0.0416. The van der Waals surface area contributed by atoms with Crippen LogP contribution < -0.4 is 0 Å². The van der Waals surface area contributed by atoms with Crippen molar-refractivity contribution in [3.8, 4) is 11.7 Å². The normalized spacial score (nSPS) is 17.1. The number of furan rings is 1. The van der Waals surface area contributed by atoms with E-state index in [0.717, 1.165) is 13.0 Å². The molecule has 8 heteroatoms. The lowest BCUT2D eigenvalue weighted by molar-refractivity contribution is 0.125. The zero-order chi connectivity index (χ0) is 18.2. The molecular weight excluding hydrogens is 346 g/mol. The van der Waals surface area contributed by atoms with Gasteiger partial charge >= 0.3 is 0 Å². The molecule has 8 nitrogen and oxygen atoms in total. The molecule has 0 radical (unpaired) electrons. The van der Waals surface area contributed by atoms with E-state index in [2.05, 4.69) is 49.6 Å². The van der Waals surface area contributed by atoms with Crippen LogP contribution in [0.5, 0.6) is 0 Å². The Balaban J connectivity index is 1.45. The Morgan fingerprint density at radius 2 is 1.89 bits per heavy atom. The zero-order valence-electron chi connectivity index (χ0n) is 14.7. The van der Waals surface area contributed by atoms with E-state index in [9.17, 15) is 0 Å². The number of fused-ring (bicyclic) bond motifs is 1. The maximum atomic E-state index is 5.78. The molecule has 0 amide bonds. The first-order chi connectivity index (χ1) is 13.3. The Bertz CT molecular complexity index is 1050. The summed E-state index contributed by atoms with van der Waals surface area (Å²) in [7, 11) is 0. The molecule has 0 aliphatic carbocycles. The van der Waals surface area contributed by atoms with Gasteiger partial charge in [0.25, 0.3) is 5.89 Å². The molecule has 3 aromatic heterocycles. The van der Waals surface area contributed by atoms with Gasteiger partial charge in [-0.05, 0) is 29.7 Å². The molecule has 1 aromatic carbocycles. The van der Waals surface area contributed by atoms with Crippen LogP contribution in [0.25, 0.3) is 11.7 Å². The predicted molar refractivity (Wildman–Crippen MR) is 93.2 cm³/mol. The van der Waals surface area contributed by atoms with Crippen molar-refractivity contribution in [3.63, 3.8) is 0 Å². The van der Waals surface area contributed by atoms with E-state index >= 15 is 0 Å². The molecule has 4 aromatic rings. The SMILES string of the molecule is Cc1nnc([C@H]2Cc3ccccc3CN2Cc2nnc(-c3ccco3)o2)o1. The molecule has 0 saturated carbocycles. The predicted octanol–water partition coefficient (Wildman–Crippen LogP) is 3.32. The largest absolute Gasteiger partial charge is 0.459 e. The summed E-state index contributed by atoms with van der Waals surface area (Å²) in [6.45, 7) is 3.01. The lowest BCUT2D eigenvalue weighted by Crippen LogP contribution is -2.34. The zero-order valence-corrected chi connectivity index (χ0v) is 14.7. The van der Waals surface area contributed by atoms with Gasteiger partial charge in [-0.25, -0.2) is 0 Å². The quantitative estimate of drug-likeness (QED) is 0.545. The van der Waals surface area contributed by atoms with Crippen LogP contribution in [0.2, 0.25) is 0 Å². The maximum absolute atomic E-state index is 5.78. The summed E-state index contributed by atoms with van der Waals surface area (Å²) in [6.07, 6.45) is 2.37. The van der Waals surface area contributed by atoms with Crippen LogP contribution in [0.3, 0.4) is 0 Å². The Labute approximate surface area is 154 Å². The molecule has 27 heavy (non-hydrogen) atoms. The van der Waals surface area contributed by atoms with Crippen LogP contribution in [0.1, 0.15) is 34.8 Å². The summed E-state index contributed by atoms with van der Waals surface area (Å²) in [5.41, 5.74) is 2.56. The topological polar surface area (TPSA) is 94.2 Å². The minimum Gasteiger partial charge on any atom is -0.459 e. The molecule has 0 bridgehead atoms. The standard InChI is InChI=1S/C19H17N5O3/c1-12-20-22-18(26-12)15-9-13-5-2-3-6-14(13)10-24(15)11-17-21-23-19(27-17)16-7-4-8-25-16/h2-8,15H,9-11H2,1H3/t15-/m1/s1. The summed E-state index contributed by atoms with van der Waals surface area (Å²) >= 11 is 0. The van der Waals surface area contributed by atoms with Crippen molar-refractivity contribution in [3.05, 3.63) is 71.5 Å². The van der Waals surface area contributed by atoms with Gasteiger partial charge in [-0.15, -0.1) is 20.4 Å². The van der Waals surface area contributed by atoms with E-state index in [1.807, 2.05) is 0 Å². The second-order valence-corrected chi connectivity index (χ2v) is 6.53. The fourth-order valence-electron chi connectivity index (χ4n) is 3.42. The monoisotopic (exact) mass is 363 g/mol. The highest BCUT2D eigenvalue weighted by Gasteiger charge is 2.32. The van der Waals surface area contributed by atoms with E-state index in [1.165, 1.54) is 11.1 Å². The smallest absolute Gasteiger partial charge is 0.283 e. The second kappa shape index (κ2) is 6.48. The maximum Gasteiger partial charge on any atom is 0.283 e. The van der Waals surface area contributed by atoms with Crippen molar-refractivity contribution < 1.29 is 13.3 Å². The number of aryl methyl sites for hydroxylation is 1. The van der Waals surface area contributed by atoms with Gasteiger partial charge in [-0.1, -0.05) is 24.3 Å². The van der Waals surface area contributed by atoms with Crippen LogP contribution in [-0.2, 0) is 19.5 Å². The first-order valence-corrected chi connectivity index (χ1v) is 8.73. The van der Waals surface area contributed by atoms with Crippen LogP contribution in [0, 0.1) is 6.92 Å². The van der Waals surface area contributed by atoms with Gasteiger partial charge in [0, 0.05) is 13.5 Å². The van der Waals surface area contributed by atoms with E-state index in [4.69, 9.17) is 13.3 Å². The lowest BCUT2D eigenvalue weighted by atomic mass is 9.94. The first-order valence-electron chi connectivity index (χ1n) is 8.73. The molecule has 0 saturated heterocycles. The van der Waals surface area contributed by atoms with Crippen molar-refractivity contribution in [1.29, 1.82) is 0 Å². The Morgan fingerprint density at radius 1 is 1.00 bits per heavy atom. The molecule has 1 atom stereocenters. The molecule has 136 valence electrons. The fourth-order valence-corrected chi connectivity index (χ4v) is 3.42. The van der Waals surface area contributed by atoms with E-state index < -0.39 is 0 Å². The first kappa shape index (κ1) is 16.0. The van der Waals surface area contributed by atoms with Gasteiger partial charge in [0.1, 0.15) is 0 Å². The lowest BCUT2D eigenvalue weighted by Gasteiger charge is -2.33. The summed E-state index contributed by atoms with van der Waals surface area (Å²) in [5, 5.41) is 16.5. The molecule has 0 N–H and O–H groups in total. The van der Waals surface area contributed by atoms with Crippen molar-refractivity contribution in [1.82, 2.24) is 25.3 Å². The molecule has 0 unspecified atom stereocenters. The van der Waals surface area contributed by atoms with Crippen LogP contribution in [0.15, 0.2) is 55.9 Å².